The summed E-state index contributed by atoms with van der Waals surface area (Å²) in [6, 6.07) is 1.99. The Morgan fingerprint density at radius 3 is 2.68 bits per heavy atom. The van der Waals surface area contributed by atoms with E-state index in [1.54, 1.807) is 43.5 Å². The molecular weight excluding hydrogens is 316 g/mol. The highest BCUT2D eigenvalue weighted by molar-refractivity contribution is 5.91. The van der Waals surface area contributed by atoms with Crippen molar-refractivity contribution < 1.29 is 9.59 Å². The number of rotatable bonds is 6. The van der Waals surface area contributed by atoms with E-state index in [4.69, 9.17) is 0 Å². The van der Waals surface area contributed by atoms with Gasteiger partial charge in [0.1, 0.15) is 0 Å². The summed E-state index contributed by atoms with van der Waals surface area (Å²) in [4.78, 5) is 31.6. The third kappa shape index (κ3) is 6.66. The number of amides is 2. The summed E-state index contributed by atoms with van der Waals surface area (Å²) in [7, 11) is 3.57. The summed E-state index contributed by atoms with van der Waals surface area (Å²) in [5.74, 6) is 0.540. The van der Waals surface area contributed by atoms with Gasteiger partial charge in [-0.3, -0.25) is 19.5 Å². The Morgan fingerprint density at radius 2 is 2.04 bits per heavy atom. The van der Waals surface area contributed by atoms with E-state index in [1.807, 2.05) is 13.0 Å². The molecule has 0 atom stereocenters. The molecule has 6 nitrogen and oxygen atoms in total. The fourth-order valence-corrected chi connectivity index (χ4v) is 2.83. The van der Waals surface area contributed by atoms with Gasteiger partial charge in [-0.25, -0.2) is 0 Å². The topological polar surface area (TPSA) is 65.5 Å². The van der Waals surface area contributed by atoms with Gasteiger partial charge in [-0.15, -0.1) is 0 Å². The molecular formula is C19H28N4O2. The number of likely N-dealkylation sites (tertiary alicyclic amines) is 1. The molecule has 1 N–H and O–H groups in total. The van der Waals surface area contributed by atoms with Crippen LogP contribution in [0.15, 0.2) is 24.5 Å². The Hall–Kier alpha value is -2.21. The van der Waals surface area contributed by atoms with Crippen molar-refractivity contribution in [1.29, 1.82) is 0 Å². The first-order valence-electron chi connectivity index (χ1n) is 8.74. The smallest absolute Gasteiger partial charge is 0.244 e. The number of pyridine rings is 1. The van der Waals surface area contributed by atoms with E-state index >= 15 is 0 Å². The summed E-state index contributed by atoms with van der Waals surface area (Å²) in [5.41, 5.74) is 2.00. The number of hydrogen-bond donors (Lipinski definition) is 1. The maximum Gasteiger partial charge on any atom is 0.244 e. The lowest BCUT2D eigenvalue weighted by Gasteiger charge is -2.32. The molecule has 1 fully saturated rings. The van der Waals surface area contributed by atoms with E-state index in [0.29, 0.717) is 19.0 Å². The zero-order chi connectivity index (χ0) is 18.2. The molecule has 0 aliphatic carbocycles. The number of piperidine rings is 1. The first-order chi connectivity index (χ1) is 11.9. The van der Waals surface area contributed by atoms with Gasteiger partial charge in [0.25, 0.3) is 0 Å². The number of aryl methyl sites for hydroxylation is 1. The number of nitrogens with zero attached hydrogens (tertiary/aromatic N) is 3. The van der Waals surface area contributed by atoms with Gasteiger partial charge in [0.05, 0.1) is 6.54 Å². The van der Waals surface area contributed by atoms with Crippen LogP contribution in [-0.4, -0.2) is 66.9 Å². The van der Waals surface area contributed by atoms with Crippen LogP contribution in [-0.2, 0) is 9.59 Å². The Kier molecular flexibility index (Phi) is 7.13. The second-order valence-electron chi connectivity index (χ2n) is 6.88. The quantitative estimate of drug-likeness (QED) is 0.791. The van der Waals surface area contributed by atoms with Crippen molar-refractivity contribution in [1.82, 2.24) is 20.1 Å². The minimum absolute atomic E-state index is 0.0771. The molecule has 1 saturated heterocycles. The van der Waals surface area contributed by atoms with Gasteiger partial charge in [0.15, 0.2) is 0 Å². The van der Waals surface area contributed by atoms with Crippen LogP contribution in [0.5, 0.6) is 0 Å². The molecule has 0 saturated carbocycles. The van der Waals surface area contributed by atoms with Crippen molar-refractivity contribution in [2.45, 2.75) is 19.8 Å². The van der Waals surface area contributed by atoms with Gasteiger partial charge in [0.2, 0.25) is 11.8 Å². The highest BCUT2D eigenvalue weighted by atomic mass is 16.2. The first-order valence-corrected chi connectivity index (χ1v) is 8.74. The van der Waals surface area contributed by atoms with E-state index in [2.05, 4.69) is 15.2 Å². The zero-order valence-electron chi connectivity index (χ0n) is 15.4. The van der Waals surface area contributed by atoms with Gasteiger partial charge in [-0.1, -0.05) is 0 Å². The van der Waals surface area contributed by atoms with E-state index in [-0.39, 0.29) is 11.8 Å². The van der Waals surface area contributed by atoms with Gasteiger partial charge in [0, 0.05) is 39.1 Å². The SMILES string of the molecule is Cc1cncc(C=CC(=O)NCC2CCN(CC(=O)N(C)C)CC2)c1. The summed E-state index contributed by atoms with van der Waals surface area (Å²) in [6.45, 7) is 4.96. The van der Waals surface area contributed by atoms with Crippen molar-refractivity contribution in [3.8, 4) is 0 Å². The third-order valence-corrected chi connectivity index (χ3v) is 4.45. The fourth-order valence-electron chi connectivity index (χ4n) is 2.83. The largest absolute Gasteiger partial charge is 0.352 e. The molecule has 1 aliphatic rings. The van der Waals surface area contributed by atoms with Crippen LogP contribution in [0.2, 0.25) is 0 Å². The van der Waals surface area contributed by atoms with Gasteiger partial charge in [-0.2, -0.15) is 0 Å². The van der Waals surface area contributed by atoms with Gasteiger partial charge >= 0.3 is 0 Å². The van der Waals surface area contributed by atoms with Crippen molar-refractivity contribution in [3.05, 3.63) is 35.7 Å². The molecule has 6 heteroatoms. The van der Waals surface area contributed by atoms with Crippen LogP contribution < -0.4 is 5.32 Å². The average molecular weight is 344 g/mol. The van der Waals surface area contributed by atoms with E-state index < -0.39 is 0 Å². The standard InChI is InChI=1S/C19H28N4O2/c1-15-10-17(12-20-11-15)4-5-18(24)21-13-16-6-8-23(9-7-16)14-19(25)22(2)3/h4-5,10-12,16H,6-9,13-14H2,1-3H3,(H,21,24). The van der Waals surface area contributed by atoms with Crippen molar-refractivity contribution in [2.75, 3.05) is 40.3 Å². The molecule has 1 aromatic heterocycles. The monoisotopic (exact) mass is 344 g/mol. The predicted molar refractivity (Wildman–Crippen MR) is 98.9 cm³/mol. The molecule has 0 radical (unpaired) electrons. The second kappa shape index (κ2) is 9.32. The van der Waals surface area contributed by atoms with E-state index in [9.17, 15) is 9.59 Å². The second-order valence-corrected chi connectivity index (χ2v) is 6.88. The highest BCUT2D eigenvalue weighted by Crippen LogP contribution is 2.16. The number of carbonyl (C=O) groups is 2. The molecule has 0 aromatic carbocycles. The lowest BCUT2D eigenvalue weighted by Crippen LogP contribution is -2.43. The molecule has 0 unspecified atom stereocenters. The molecule has 25 heavy (non-hydrogen) atoms. The molecule has 2 rings (SSSR count). The third-order valence-electron chi connectivity index (χ3n) is 4.45. The van der Waals surface area contributed by atoms with Crippen LogP contribution in [0.1, 0.15) is 24.0 Å². The average Bonchev–Trinajstić information content (AvgIpc) is 2.59. The molecule has 1 aromatic rings. The van der Waals surface area contributed by atoms with Crippen LogP contribution in [0, 0.1) is 12.8 Å². The lowest BCUT2D eigenvalue weighted by molar-refractivity contribution is -0.130. The van der Waals surface area contributed by atoms with Crippen LogP contribution >= 0.6 is 0 Å². The Balaban J connectivity index is 1.68. The summed E-state index contributed by atoms with van der Waals surface area (Å²) < 4.78 is 0. The molecule has 136 valence electrons. The van der Waals surface area contributed by atoms with Crippen LogP contribution in [0.25, 0.3) is 6.08 Å². The zero-order valence-corrected chi connectivity index (χ0v) is 15.4. The summed E-state index contributed by atoms with van der Waals surface area (Å²) >= 11 is 0. The van der Waals surface area contributed by atoms with E-state index in [0.717, 1.165) is 37.1 Å². The molecule has 1 aliphatic heterocycles. The summed E-state index contributed by atoms with van der Waals surface area (Å²) in [5, 5.41) is 2.97. The number of aromatic nitrogens is 1. The van der Waals surface area contributed by atoms with Crippen molar-refractivity contribution >= 4 is 17.9 Å². The Labute approximate surface area is 149 Å². The molecule has 0 bridgehead atoms. The maximum absolute atomic E-state index is 11.9. The molecule has 0 spiro atoms. The Morgan fingerprint density at radius 1 is 1.32 bits per heavy atom. The van der Waals surface area contributed by atoms with Gasteiger partial charge < -0.3 is 10.2 Å². The van der Waals surface area contributed by atoms with Crippen molar-refractivity contribution in [3.63, 3.8) is 0 Å². The normalized spacial score (nSPS) is 16.1. The minimum atomic E-state index is -0.0771. The number of likely N-dealkylation sites (N-methyl/N-ethyl adjacent to an activating group) is 1. The minimum Gasteiger partial charge on any atom is -0.352 e. The van der Waals surface area contributed by atoms with Crippen LogP contribution in [0.4, 0.5) is 0 Å². The highest BCUT2D eigenvalue weighted by Gasteiger charge is 2.21. The molecule has 2 amide bonds. The van der Waals surface area contributed by atoms with E-state index in [1.165, 1.54) is 0 Å². The Bertz CT molecular complexity index is 620. The van der Waals surface area contributed by atoms with Crippen molar-refractivity contribution in [2.24, 2.45) is 5.92 Å². The summed E-state index contributed by atoms with van der Waals surface area (Å²) in [6.07, 6.45) is 8.88. The number of hydrogen-bond acceptors (Lipinski definition) is 4. The van der Waals surface area contributed by atoms with Crippen LogP contribution in [0.3, 0.4) is 0 Å². The lowest BCUT2D eigenvalue weighted by atomic mass is 9.97. The predicted octanol–water partition coefficient (Wildman–Crippen LogP) is 1.32. The molecule has 2 heterocycles. The fraction of sp³-hybridized carbons (Fsp3) is 0.526. The maximum atomic E-state index is 11.9. The number of carbonyl (C=O) groups excluding carboxylic acids is 2. The number of nitrogens with one attached hydrogen (secondary N) is 1. The van der Waals surface area contributed by atoms with Gasteiger partial charge in [-0.05, 0) is 62.0 Å². The first kappa shape index (κ1) is 19.1.